The van der Waals surface area contributed by atoms with Crippen LogP contribution in [0.2, 0.25) is 0 Å². The molecular formula is C13H17N3S. The lowest BCUT2D eigenvalue weighted by atomic mass is 9.98. The molecule has 1 heterocycles. The lowest BCUT2D eigenvalue weighted by molar-refractivity contribution is 0.866. The molecule has 0 amide bonds. The number of rotatable bonds is 3. The fraction of sp³-hybridized carbons (Fsp3) is 0.385. The lowest BCUT2D eigenvalue weighted by Crippen LogP contribution is -1.94. The van der Waals surface area contributed by atoms with Crippen molar-refractivity contribution in [2.24, 2.45) is 5.73 Å². The molecule has 1 aromatic heterocycles. The Morgan fingerprint density at radius 1 is 1.29 bits per heavy atom. The zero-order valence-corrected chi connectivity index (χ0v) is 11.2. The molecule has 0 saturated heterocycles. The van der Waals surface area contributed by atoms with E-state index in [2.05, 4.69) is 49.2 Å². The molecule has 3 nitrogen and oxygen atoms in total. The first kappa shape index (κ1) is 12.2. The molecule has 0 atom stereocenters. The van der Waals surface area contributed by atoms with Gasteiger partial charge in [0, 0.05) is 12.1 Å². The molecule has 4 heteroatoms. The minimum Gasteiger partial charge on any atom is -0.324 e. The van der Waals surface area contributed by atoms with Crippen molar-refractivity contribution in [3.8, 4) is 10.6 Å². The zero-order chi connectivity index (χ0) is 12.4. The number of hydrogen-bond acceptors (Lipinski definition) is 4. The van der Waals surface area contributed by atoms with Crippen molar-refractivity contribution in [2.75, 3.05) is 0 Å². The summed E-state index contributed by atoms with van der Waals surface area (Å²) < 4.78 is 0. The molecule has 0 bridgehead atoms. The summed E-state index contributed by atoms with van der Waals surface area (Å²) in [5, 5.41) is 10.1. The molecule has 1 aromatic carbocycles. The van der Waals surface area contributed by atoms with Crippen LogP contribution >= 0.6 is 11.3 Å². The molecule has 90 valence electrons. The topological polar surface area (TPSA) is 51.8 Å². The van der Waals surface area contributed by atoms with Gasteiger partial charge in [-0.2, -0.15) is 0 Å². The van der Waals surface area contributed by atoms with Gasteiger partial charge in [0.25, 0.3) is 0 Å². The second-order valence-corrected chi connectivity index (χ2v) is 5.50. The predicted octanol–water partition coefficient (Wildman–Crippen LogP) is 3.10. The van der Waals surface area contributed by atoms with Gasteiger partial charge < -0.3 is 5.73 Å². The summed E-state index contributed by atoms with van der Waals surface area (Å²) in [6.07, 6.45) is 0. The van der Waals surface area contributed by atoms with Crippen molar-refractivity contribution in [1.82, 2.24) is 10.2 Å². The monoisotopic (exact) mass is 247 g/mol. The van der Waals surface area contributed by atoms with Gasteiger partial charge in [-0.1, -0.05) is 37.3 Å². The van der Waals surface area contributed by atoms with E-state index in [-0.39, 0.29) is 0 Å². The van der Waals surface area contributed by atoms with Crippen LogP contribution in [0, 0.1) is 6.92 Å². The van der Waals surface area contributed by atoms with Gasteiger partial charge in [0.2, 0.25) is 0 Å². The molecule has 0 saturated carbocycles. The summed E-state index contributed by atoms with van der Waals surface area (Å²) in [6.45, 7) is 6.95. The third-order valence-corrected chi connectivity index (χ3v) is 3.78. The number of benzene rings is 1. The highest BCUT2D eigenvalue weighted by Gasteiger charge is 2.10. The van der Waals surface area contributed by atoms with Crippen molar-refractivity contribution in [2.45, 2.75) is 33.2 Å². The molecule has 0 spiro atoms. The minimum atomic E-state index is 0.459. The van der Waals surface area contributed by atoms with Crippen LogP contribution in [0.25, 0.3) is 10.6 Å². The minimum absolute atomic E-state index is 0.459. The number of nitrogens with zero attached hydrogens (tertiary/aromatic N) is 2. The van der Waals surface area contributed by atoms with Crippen molar-refractivity contribution < 1.29 is 0 Å². The van der Waals surface area contributed by atoms with Gasteiger partial charge in [-0.05, 0) is 30.0 Å². The Kier molecular flexibility index (Phi) is 3.54. The van der Waals surface area contributed by atoms with E-state index in [0.29, 0.717) is 12.5 Å². The van der Waals surface area contributed by atoms with Crippen LogP contribution in [0.3, 0.4) is 0 Å². The van der Waals surface area contributed by atoms with Gasteiger partial charge in [-0.3, -0.25) is 0 Å². The number of aryl methyl sites for hydroxylation is 1. The van der Waals surface area contributed by atoms with Crippen LogP contribution in [0.5, 0.6) is 0 Å². The highest BCUT2D eigenvalue weighted by molar-refractivity contribution is 7.14. The first-order valence-corrected chi connectivity index (χ1v) is 6.57. The maximum atomic E-state index is 5.57. The average Bonchev–Trinajstić information content (AvgIpc) is 2.77. The van der Waals surface area contributed by atoms with Crippen LogP contribution < -0.4 is 5.73 Å². The highest BCUT2D eigenvalue weighted by atomic mass is 32.1. The van der Waals surface area contributed by atoms with E-state index in [1.165, 1.54) is 16.7 Å². The van der Waals surface area contributed by atoms with E-state index in [0.717, 1.165) is 10.0 Å². The Hall–Kier alpha value is -1.26. The third kappa shape index (κ3) is 2.53. The molecular weight excluding hydrogens is 230 g/mol. The molecule has 2 rings (SSSR count). The van der Waals surface area contributed by atoms with E-state index in [1.54, 1.807) is 11.3 Å². The third-order valence-electron chi connectivity index (χ3n) is 2.80. The number of aromatic nitrogens is 2. The van der Waals surface area contributed by atoms with Gasteiger partial charge in [0.15, 0.2) is 0 Å². The second-order valence-electron chi connectivity index (χ2n) is 4.43. The Bertz CT molecular complexity index is 517. The Morgan fingerprint density at radius 2 is 2.06 bits per heavy atom. The Labute approximate surface area is 106 Å². The second kappa shape index (κ2) is 4.94. The maximum absolute atomic E-state index is 5.57. The van der Waals surface area contributed by atoms with Crippen molar-refractivity contribution in [3.05, 3.63) is 34.3 Å². The van der Waals surface area contributed by atoms with Crippen LogP contribution in [0.15, 0.2) is 18.2 Å². The van der Waals surface area contributed by atoms with Gasteiger partial charge in [-0.25, -0.2) is 0 Å². The van der Waals surface area contributed by atoms with Crippen molar-refractivity contribution in [1.29, 1.82) is 0 Å². The SMILES string of the molecule is Cc1ccc(C(C)C)cc1-c1nnc(CN)s1. The summed E-state index contributed by atoms with van der Waals surface area (Å²) in [5.74, 6) is 0.524. The predicted molar refractivity (Wildman–Crippen MR) is 72.1 cm³/mol. The molecule has 0 aliphatic rings. The van der Waals surface area contributed by atoms with Gasteiger partial charge in [0.05, 0.1) is 0 Å². The van der Waals surface area contributed by atoms with E-state index >= 15 is 0 Å². The van der Waals surface area contributed by atoms with Gasteiger partial charge in [0.1, 0.15) is 10.0 Å². The molecule has 0 fully saturated rings. The van der Waals surface area contributed by atoms with Crippen LogP contribution in [-0.4, -0.2) is 10.2 Å². The summed E-state index contributed by atoms with van der Waals surface area (Å²) in [4.78, 5) is 0. The number of hydrogen-bond donors (Lipinski definition) is 1. The molecule has 2 aromatic rings. The standard InChI is InChI=1S/C13H17N3S/c1-8(2)10-5-4-9(3)11(6-10)13-16-15-12(7-14)17-13/h4-6,8H,7,14H2,1-3H3. The van der Waals surface area contributed by atoms with E-state index in [1.807, 2.05) is 0 Å². The normalized spacial score (nSPS) is 11.1. The molecule has 0 aliphatic carbocycles. The Balaban J connectivity index is 2.46. The summed E-state index contributed by atoms with van der Waals surface area (Å²) in [5.41, 5.74) is 9.30. The molecule has 0 radical (unpaired) electrons. The smallest absolute Gasteiger partial charge is 0.148 e. The van der Waals surface area contributed by atoms with Crippen molar-refractivity contribution >= 4 is 11.3 Å². The summed E-state index contributed by atoms with van der Waals surface area (Å²) in [6, 6.07) is 6.53. The first-order chi connectivity index (χ1) is 8.11. The highest BCUT2D eigenvalue weighted by Crippen LogP contribution is 2.29. The Morgan fingerprint density at radius 3 is 2.65 bits per heavy atom. The molecule has 0 unspecified atom stereocenters. The maximum Gasteiger partial charge on any atom is 0.148 e. The summed E-state index contributed by atoms with van der Waals surface area (Å²) >= 11 is 1.57. The zero-order valence-electron chi connectivity index (χ0n) is 10.4. The van der Waals surface area contributed by atoms with E-state index in [9.17, 15) is 0 Å². The van der Waals surface area contributed by atoms with E-state index in [4.69, 9.17) is 5.73 Å². The molecule has 2 N–H and O–H groups in total. The van der Waals surface area contributed by atoms with Crippen LogP contribution in [0.1, 0.15) is 35.9 Å². The first-order valence-electron chi connectivity index (χ1n) is 5.75. The molecule has 0 aliphatic heterocycles. The van der Waals surface area contributed by atoms with Crippen LogP contribution in [0.4, 0.5) is 0 Å². The van der Waals surface area contributed by atoms with Crippen LogP contribution in [-0.2, 0) is 6.54 Å². The summed E-state index contributed by atoms with van der Waals surface area (Å²) in [7, 11) is 0. The largest absolute Gasteiger partial charge is 0.324 e. The fourth-order valence-corrected chi connectivity index (χ4v) is 2.47. The fourth-order valence-electron chi connectivity index (χ4n) is 1.67. The van der Waals surface area contributed by atoms with Gasteiger partial charge >= 0.3 is 0 Å². The average molecular weight is 247 g/mol. The van der Waals surface area contributed by atoms with Crippen molar-refractivity contribution in [3.63, 3.8) is 0 Å². The van der Waals surface area contributed by atoms with E-state index < -0.39 is 0 Å². The number of nitrogens with two attached hydrogens (primary N) is 1. The quantitative estimate of drug-likeness (QED) is 0.906. The molecule has 17 heavy (non-hydrogen) atoms. The van der Waals surface area contributed by atoms with Gasteiger partial charge in [-0.15, -0.1) is 10.2 Å². The lowest BCUT2D eigenvalue weighted by Gasteiger charge is -2.08.